The lowest BCUT2D eigenvalue weighted by Crippen LogP contribution is -2.68. The van der Waals surface area contributed by atoms with E-state index < -0.39 is 165 Å². The number of esters is 4. The Balaban J connectivity index is 1.11. The van der Waals surface area contributed by atoms with Crippen LogP contribution in [0, 0.1) is 50.2 Å². The number of carbonyl (C=O) groups excluding carboxylic acids is 4. The number of aliphatic hydroxyl groups is 10. The molecule has 25 nitrogen and oxygen atoms in total. The van der Waals surface area contributed by atoms with Crippen LogP contribution in [-0.2, 0) is 71.3 Å². The van der Waals surface area contributed by atoms with Crippen LogP contribution in [0.1, 0.15) is 113 Å². The zero-order valence-electron chi connectivity index (χ0n) is 48.0. The van der Waals surface area contributed by atoms with E-state index in [9.17, 15) is 70.2 Å². The molecule has 25 atom stereocenters. The van der Waals surface area contributed by atoms with Crippen molar-refractivity contribution in [2.75, 3.05) is 41.2 Å². The van der Waals surface area contributed by atoms with Gasteiger partial charge in [0.25, 0.3) is 0 Å². The topological polar surface area (TPSA) is 372 Å². The molecule has 3 aliphatic heterocycles. The first-order valence-electron chi connectivity index (χ1n) is 28.3. The Kier molecular flexibility index (Phi) is 19.0. The van der Waals surface area contributed by atoms with Crippen molar-refractivity contribution in [3.63, 3.8) is 0 Å². The van der Waals surface area contributed by atoms with Crippen molar-refractivity contribution in [3.05, 3.63) is 11.6 Å². The summed E-state index contributed by atoms with van der Waals surface area (Å²) >= 11 is 0. The van der Waals surface area contributed by atoms with Crippen LogP contribution >= 0.6 is 0 Å². The first kappa shape index (κ1) is 63.9. The van der Waals surface area contributed by atoms with Crippen molar-refractivity contribution in [1.29, 1.82) is 0 Å². The summed E-state index contributed by atoms with van der Waals surface area (Å²) in [5, 5.41) is 108. The Morgan fingerprint density at radius 2 is 1.27 bits per heavy atom. The van der Waals surface area contributed by atoms with Crippen LogP contribution in [0.25, 0.3) is 0 Å². The molecule has 462 valence electrons. The highest BCUT2D eigenvalue weighted by molar-refractivity contribution is 5.79. The van der Waals surface area contributed by atoms with E-state index in [-0.39, 0.29) is 39.4 Å². The number of hydrogen-bond donors (Lipinski definition) is 10. The highest BCUT2D eigenvalue weighted by Gasteiger charge is 2.70. The minimum absolute atomic E-state index is 0.0288. The van der Waals surface area contributed by atoms with Crippen LogP contribution in [-0.4, -0.2) is 227 Å². The summed E-state index contributed by atoms with van der Waals surface area (Å²) in [6.45, 7) is 13.2. The van der Waals surface area contributed by atoms with Gasteiger partial charge in [0, 0.05) is 0 Å². The van der Waals surface area contributed by atoms with Gasteiger partial charge in [-0.3, -0.25) is 4.79 Å². The average Bonchev–Trinajstić information content (AvgIpc) is 2.38. The third kappa shape index (κ3) is 11.1. The molecule has 0 unspecified atom stereocenters. The number of aliphatic hydroxyl groups excluding tert-OH is 10. The number of rotatable bonds is 16. The normalized spacial score (nSPS) is 46.2. The van der Waals surface area contributed by atoms with Crippen LogP contribution in [0.5, 0.6) is 0 Å². The van der Waals surface area contributed by atoms with Gasteiger partial charge in [-0.25, -0.2) is 14.4 Å². The first-order valence-corrected chi connectivity index (χ1v) is 28.3. The molecular formula is C56H88O25. The van der Waals surface area contributed by atoms with Crippen molar-refractivity contribution in [1.82, 2.24) is 0 Å². The van der Waals surface area contributed by atoms with Crippen LogP contribution in [0.3, 0.4) is 0 Å². The van der Waals surface area contributed by atoms with E-state index in [1.807, 2.05) is 0 Å². The van der Waals surface area contributed by atoms with Crippen LogP contribution in [0.15, 0.2) is 11.6 Å². The molecule has 0 bridgehead atoms. The third-order valence-corrected chi connectivity index (χ3v) is 21.0. The molecule has 0 aromatic heterocycles. The fraction of sp³-hybridized carbons (Fsp3) is 0.893. The Labute approximate surface area is 471 Å². The Hall–Kier alpha value is -3.06. The second-order valence-electron chi connectivity index (χ2n) is 26.0. The maximum atomic E-state index is 14.8. The van der Waals surface area contributed by atoms with E-state index >= 15 is 0 Å². The molecule has 4 saturated carbocycles. The van der Waals surface area contributed by atoms with Gasteiger partial charge in [0.05, 0.1) is 46.1 Å². The van der Waals surface area contributed by atoms with Gasteiger partial charge in [0.15, 0.2) is 25.0 Å². The second-order valence-corrected chi connectivity index (χ2v) is 26.0. The molecule has 7 fully saturated rings. The summed E-state index contributed by atoms with van der Waals surface area (Å²) in [4.78, 5) is 53.5. The van der Waals surface area contributed by atoms with Gasteiger partial charge in [0.1, 0.15) is 73.8 Å². The molecular weight excluding hydrogens is 1070 g/mol. The van der Waals surface area contributed by atoms with Gasteiger partial charge in [-0.15, -0.1) is 0 Å². The van der Waals surface area contributed by atoms with Gasteiger partial charge in [-0.1, -0.05) is 60.1 Å². The number of hydrogen-bond acceptors (Lipinski definition) is 25. The molecule has 0 radical (unpaired) electrons. The van der Waals surface area contributed by atoms with Crippen molar-refractivity contribution in [3.8, 4) is 0 Å². The minimum Gasteiger partial charge on any atom is -0.467 e. The SMILES string of the molecule is COC(=O)CO[C@@H](O[C@H]1[C@H](O)[C@@H](C(=O)OC)O[C@@H](O[C@H]2CC[C@]3(C)[C@H]4CC=C5[C@@H]6CC(C)(C)CC[C@]6(C(=O)O[C@@H]6O[C@H](CO)[C@@H](O)[C@H](O)[C@H]6O)CC[C@@]5(C)[C@]4(C)CC[C@H]3C2(C)C)[C@@H]1O[C@@H]1O[C@H](CO)[C@@H](O)[C@H](O)[C@H]1O)[C@@H](O)C(=O)OC. The molecule has 25 heteroatoms. The summed E-state index contributed by atoms with van der Waals surface area (Å²) in [7, 11) is 3.05. The zero-order chi connectivity index (χ0) is 59.7. The Morgan fingerprint density at radius 1 is 0.654 bits per heavy atom. The van der Waals surface area contributed by atoms with Gasteiger partial charge in [-0.2, -0.15) is 0 Å². The maximum Gasteiger partial charge on any atom is 0.340 e. The number of carbonyl (C=O) groups is 4. The van der Waals surface area contributed by atoms with Gasteiger partial charge in [0.2, 0.25) is 12.4 Å². The first-order chi connectivity index (χ1) is 37.9. The summed E-state index contributed by atoms with van der Waals surface area (Å²) in [6, 6.07) is 0. The standard InChI is InChI=1S/C56H88O25/c1-51(2)17-19-56(50(70)81-48-38(65)36(63)34(61)28(23-58)76-48)20-18-54(6)25(26(56)21-51)11-12-30-53(5)15-14-31(52(3,4)29(53)13-16-55(30,54)7)77-49-43(80-47-37(64)35(62)33(60)27(22-57)75-47)41(39(66)42(79-49)45(69)73-10)78-46(40(67)44(68)72-9)74-24-32(59)71-8/h11,26-31,33-43,46-49,57-58,60-67H,12-24H2,1-10H3/t26-,27+,28+,29-,30+,31-,33+,34+,35-,36-,37+,38+,39-,40-,41-,42-,43+,46-,47-,48-,49+,53-,54+,55+,56-/m0/s1. The lowest BCUT2D eigenvalue weighted by molar-refractivity contribution is -0.387. The van der Waals surface area contributed by atoms with E-state index in [4.69, 9.17) is 47.4 Å². The monoisotopic (exact) mass is 1160 g/mol. The van der Waals surface area contributed by atoms with Gasteiger partial charge >= 0.3 is 23.9 Å². The molecule has 3 heterocycles. The van der Waals surface area contributed by atoms with E-state index in [0.29, 0.717) is 44.9 Å². The molecule has 5 aliphatic carbocycles. The average molecular weight is 1160 g/mol. The Morgan fingerprint density at radius 3 is 1.88 bits per heavy atom. The number of methoxy groups -OCH3 is 3. The lowest BCUT2D eigenvalue weighted by Gasteiger charge is -2.71. The van der Waals surface area contributed by atoms with Crippen molar-refractivity contribution in [2.45, 2.75) is 223 Å². The summed E-state index contributed by atoms with van der Waals surface area (Å²) in [6.07, 6.45) is -23.1. The quantitative estimate of drug-likeness (QED) is 0.0303. The molecule has 0 amide bonds. The number of allylic oxidation sites excluding steroid dienone is 2. The number of fused-ring (bicyclic) bond motifs is 7. The molecule has 0 spiro atoms. The molecule has 0 aromatic rings. The molecule has 0 aromatic carbocycles. The predicted octanol–water partition coefficient (Wildman–Crippen LogP) is -0.605. The zero-order valence-corrected chi connectivity index (χ0v) is 48.0. The fourth-order valence-corrected chi connectivity index (χ4v) is 16.1. The Bertz CT molecular complexity index is 2290. The highest BCUT2D eigenvalue weighted by atomic mass is 16.8. The van der Waals surface area contributed by atoms with Crippen molar-refractivity contribution >= 4 is 23.9 Å². The molecule has 8 rings (SSSR count). The summed E-state index contributed by atoms with van der Waals surface area (Å²) in [5.41, 5.74) is -1.59. The molecule has 8 aliphatic rings. The second kappa shape index (κ2) is 24.0. The van der Waals surface area contributed by atoms with Gasteiger partial charge in [-0.05, 0) is 109 Å². The van der Waals surface area contributed by atoms with Crippen LogP contribution in [0.2, 0.25) is 0 Å². The predicted molar refractivity (Wildman–Crippen MR) is 274 cm³/mol. The maximum absolute atomic E-state index is 14.8. The lowest BCUT2D eigenvalue weighted by atomic mass is 9.33. The largest absolute Gasteiger partial charge is 0.467 e. The molecule has 3 saturated heterocycles. The molecule has 81 heavy (non-hydrogen) atoms. The smallest absolute Gasteiger partial charge is 0.340 e. The fourth-order valence-electron chi connectivity index (χ4n) is 16.1. The minimum atomic E-state index is -2.30. The third-order valence-electron chi connectivity index (χ3n) is 21.0. The van der Waals surface area contributed by atoms with Crippen molar-refractivity contribution < 1.29 is 122 Å². The summed E-state index contributed by atoms with van der Waals surface area (Å²) in [5.74, 6) is -4.05. The van der Waals surface area contributed by atoms with E-state index in [2.05, 4.69) is 59.3 Å². The van der Waals surface area contributed by atoms with E-state index in [1.165, 1.54) is 5.57 Å². The highest BCUT2D eigenvalue weighted by Crippen LogP contribution is 2.76. The van der Waals surface area contributed by atoms with Crippen LogP contribution in [0.4, 0.5) is 0 Å². The number of ether oxygens (including phenoxy) is 11. The van der Waals surface area contributed by atoms with Gasteiger partial charge < -0.3 is 103 Å². The van der Waals surface area contributed by atoms with E-state index in [1.54, 1.807) is 0 Å². The van der Waals surface area contributed by atoms with E-state index in [0.717, 1.165) is 40.6 Å². The summed E-state index contributed by atoms with van der Waals surface area (Å²) < 4.78 is 63.0. The molecule has 10 N–H and O–H groups in total. The van der Waals surface area contributed by atoms with Crippen molar-refractivity contribution in [2.24, 2.45) is 50.2 Å². The van der Waals surface area contributed by atoms with Crippen LogP contribution < -0.4 is 0 Å².